The first kappa shape index (κ1) is 49.3. The summed E-state index contributed by atoms with van der Waals surface area (Å²) in [4.78, 5) is 100. The number of benzene rings is 2. The van der Waals surface area contributed by atoms with Gasteiger partial charge in [-0.25, -0.2) is 4.98 Å². The van der Waals surface area contributed by atoms with Crippen molar-refractivity contribution in [3.8, 4) is 11.1 Å². The zero-order chi connectivity index (χ0) is 48.5. The molecule has 3 aromatic rings. The van der Waals surface area contributed by atoms with Crippen molar-refractivity contribution in [2.45, 2.75) is 117 Å². The number of carbonyl (C=O) groups is 7. The molecule has 0 radical (unpaired) electrons. The number of rotatable bonds is 22. The first-order valence-corrected chi connectivity index (χ1v) is 24.1. The van der Waals surface area contributed by atoms with Gasteiger partial charge >= 0.3 is 0 Å². The van der Waals surface area contributed by atoms with Gasteiger partial charge in [-0.1, -0.05) is 37.0 Å². The van der Waals surface area contributed by atoms with Crippen LogP contribution >= 0.6 is 0 Å². The molecular formula is C53H64N8O7. The number of amides is 4. The number of hydrogen-bond acceptors (Lipinski definition) is 13. The van der Waals surface area contributed by atoms with Gasteiger partial charge in [0.1, 0.15) is 17.6 Å². The fourth-order valence-corrected chi connectivity index (χ4v) is 9.65. The predicted molar refractivity (Wildman–Crippen MR) is 264 cm³/mol. The van der Waals surface area contributed by atoms with Crippen molar-refractivity contribution in [2.75, 3.05) is 54.8 Å². The van der Waals surface area contributed by atoms with Crippen molar-refractivity contribution in [1.29, 1.82) is 5.41 Å². The minimum atomic E-state index is -1.00. The Balaban J connectivity index is 0.812. The Hall–Kier alpha value is -6.61. The third kappa shape index (κ3) is 11.7. The van der Waals surface area contributed by atoms with Crippen LogP contribution in [0.4, 0.5) is 17.2 Å². The number of carbonyl (C=O) groups excluding carboxylic acids is 7. The zero-order valence-corrected chi connectivity index (χ0v) is 39.8. The molecule has 1 aliphatic carbocycles. The fraction of sp³-hybridized carbons (Fsp3) is 0.453. The number of fused-ring (bicyclic) bond motifs is 1. The van der Waals surface area contributed by atoms with E-state index in [0.717, 1.165) is 97.8 Å². The second kappa shape index (κ2) is 22.5. The van der Waals surface area contributed by atoms with E-state index in [4.69, 9.17) is 10.4 Å². The van der Waals surface area contributed by atoms with E-state index in [1.165, 1.54) is 6.21 Å². The molecule has 2 fully saturated rings. The molecule has 358 valence electrons. The van der Waals surface area contributed by atoms with Crippen LogP contribution in [0, 0.1) is 5.41 Å². The van der Waals surface area contributed by atoms with Gasteiger partial charge in [0, 0.05) is 118 Å². The van der Waals surface area contributed by atoms with Gasteiger partial charge < -0.3 is 20.9 Å². The summed E-state index contributed by atoms with van der Waals surface area (Å²) in [5.74, 6) is -0.985. The summed E-state index contributed by atoms with van der Waals surface area (Å²) >= 11 is 0. The minimum absolute atomic E-state index is 0.0708. The molecule has 7 rings (SSSR count). The lowest BCUT2D eigenvalue weighted by Crippen LogP contribution is -2.54. The van der Waals surface area contributed by atoms with Crippen LogP contribution in [-0.2, 0) is 19.2 Å². The van der Waals surface area contributed by atoms with Crippen LogP contribution in [0.3, 0.4) is 0 Å². The Morgan fingerprint density at radius 2 is 1.65 bits per heavy atom. The molecule has 68 heavy (non-hydrogen) atoms. The number of unbranched alkanes of at least 4 members (excludes halogenated alkanes) is 4. The minimum Gasteiger partial charge on any atom is -0.384 e. The normalized spacial score (nSPS) is 17.7. The summed E-state index contributed by atoms with van der Waals surface area (Å²) in [6, 6.07) is 12.0. The number of Topliss-reactive ketones (excluding diaryl/α,β-unsaturated/α-hetero) is 3. The highest BCUT2D eigenvalue weighted by Gasteiger charge is 2.45. The molecule has 2 aromatic carbocycles. The smallest absolute Gasteiger partial charge is 0.264 e. The summed E-state index contributed by atoms with van der Waals surface area (Å²) in [5, 5.41) is 17.2. The molecule has 0 saturated carbocycles. The Bertz CT molecular complexity index is 2540. The second-order valence-corrected chi connectivity index (χ2v) is 18.7. The largest absolute Gasteiger partial charge is 0.384 e. The lowest BCUT2D eigenvalue weighted by molar-refractivity contribution is -0.136. The van der Waals surface area contributed by atoms with Gasteiger partial charge in [-0.3, -0.25) is 48.7 Å². The van der Waals surface area contributed by atoms with Crippen LogP contribution in [0.15, 0.2) is 71.5 Å². The monoisotopic (exact) mass is 924 g/mol. The Morgan fingerprint density at radius 3 is 2.35 bits per heavy atom. The summed E-state index contributed by atoms with van der Waals surface area (Å²) in [6.07, 6.45) is 11.9. The van der Waals surface area contributed by atoms with Gasteiger partial charge in [-0.15, -0.1) is 0 Å². The van der Waals surface area contributed by atoms with Crippen molar-refractivity contribution in [2.24, 2.45) is 0 Å². The molecule has 0 spiro atoms. The SMILES string of the molecule is CC1=CC(C)=C(CCC(=O)c2cc(-c3ccc(N4CCN(CCC(=O)CCCCCCCNc5cccc6c5C(=O)N(C5CCC(=O)NC5=O)C6=O)CC4)nc3)cc(NC(C)C)c2C=N)C(=O)C1. The van der Waals surface area contributed by atoms with E-state index >= 15 is 0 Å². The number of ketones is 3. The molecule has 2 saturated heterocycles. The van der Waals surface area contributed by atoms with Crippen LogP contribution in [0.1, 0.15) is 141 Å². The number of pyridine rings is 1. The lowest BCUT2D eigenvalue weighted by Gasteiger charge is -2.35. The zero-order valence-electron chi connectivity index (χ0n) is 39.8. The number of imide groups is 2. The maximum absolute atomic E-state index is 13.8. The fourth-order valence-electron chi connectivity index (χ4n) is 9.65. The molecule has 4 aliphatic rings. The number of nitrogens with zero attached hydrogens (tertiary/aromatic N) is 4. The number of nitrogens with one attached hydrogen (secondary N) is 4. The van der Waals surface area contributed by atoms with Crippen molar-refractivity contribution >= 4 is 64.4 Å². The molecule has 1 unspecified atom stereocenters. The summed E-state index contributed by atoms with van der Waals surface area (Å²) < 4.78 is 0. The van der Waals surface area contributed by atoms with E-state index in [9.17, 15) is 33.6 Å². The number of aromatic nitrogens is 1. The highest BCUT2D eigenvalue weighted by Crippen LogP contribution is 2.34. The number of hydrogen-bond donors (Lipinski definition) is 4. The molecule has 1 atom stereocenters. The van der Waals surface area contributed by atoms with Crippen LogP contribution in [-0.4, -0.2) is 113 Å². The van der Waals surface area contributed by atoms with Gasteiger partial charge in [0.25, 0.3) is 11.8 Å². The van der Waals surface area contributed by atoms with Crippen LogP contribution in [0.2, 0.25) is 0 Å². The third-order valence-corrected chi connectivity index (χ3v) is 13.3. The van der Waals surface area contributed by atoms with E-state index in [1.54, 1.807) is 18.2 Å². The van der Waals surface area contributed by atoms with E-state index in [-0.39, 0.29) is 53.8 Å². The number of piperidine rings is 1. The molecule has 4 amide bonds. The first-order chi connectivity index (χ1) is 32.7. The molecule has 15 nitrogen and oxygen atoms in total. The lowest BCUT2D eigenvalue weighted by atomic mass is 9.88. The standard InChI is InChI=1S/C53H64N8O7/c1-33(2)57-44-30-37(29-41(42(44)31-54)46(63)17-15-39-35(4)27-34(3)28-47(39)64)36-14-18-48(56-32-36)60-25-23-59(24-26-60)22-20-38(62)11-8-6-5-7-9-21-55-43-13-10-12-40-50(43)53(68)61(52(40)67)45-16-19-49(65)58-51(45)66/h10,12-14,18,27,29-33,45,54-55,57H,5-9,11,15-17,19-26,28H2,1-4H3,(H,58,65,66). The Labute approximate surface area is 398 Å². The van der Waals surface area contributed by atoms with Gasteiger partial charge in [0.05, 0.1) is 11.1 Å². The summed E-state index contributed by atoms with van der Waals surface area (Å²) in [7, 11) is 0. The molecule has 4 heterocycles. The topological polar surface area (TPSA) is 202 Å². The highest BCUT2D eigenvalue weighted by molar-refractivity contribution is 6.25. The Kier molecular flexibility index (Phi) is 16.3. The summed E-state index contributed by atoms with van der Waals surface area (Å²) in [5.41, 5.74) is 7.08. The number of allylic oxidation sites excluding steroid dienone is 4. The third-order valence-electron chi connectivity index (χ3n) is 13.3. The number of piperazine rings is 1. The van der Waals surface area contributed by atoms with Crippen LogP contribution < -0.4 is 20.9 Å². The van der Waals surface area contributed by atoms with Gasteiger partial charge in [-0.05, 0) is 106 Å². The van der Waals surface area contributed by atoms with Crippen molar-refractivity contribution in [3.05, 3.63) is 93.7 Å². The molecule has 3 aliphatic heterocycles. The molecular weight excluding hydrogens is 861 g/mol. The van der Waals surface area contributed by atoms with Gasteiger partial charge in [0.15, 0.2) is 11.6 Å². The molecule has 15 heteroatoms. The molecule has 4 N–H and O–H groups in total. The van der Waals surface area contributed by atoms with E-state index < -0.39 is 29.7 Å². The second-order valence-electron chi connectivity index (χ2n) is 18.7. The maximum atomic E-state index is 13.8. The van der Waals surface area contributed by atoms with Crippen molar-refractivity contribution in [1.82, 2.24) is 20.1 Å². The van der Waals surface area contributed by atoms with Crippen LogP contribution in [0.5, 0.6) is 0 Å². The average molecular weight is 925 g/mol. The summed E-state index contributed by atoms with van der Waals surface area (Å²) in [6.45, 7) is 12.5. The average Bonchev–Trinajstić information content (AvgIpc) is 3.57. The molecule has 1 aromatic heterocycles. The van der Waals surface area contributed by atoms with Crippen LogP contribution in [0.25, 0.3) is 11.1 Å². The van der Waals surface area contributed by atoms with Crippen molar-refractivity contribution in [3.63, 3.8) is 0 Å². The van der Waals surface area contributed by atoms with Gasteiger partial charge in [0.2, 0.25) is 11.8 Å². The highest BCUT2D eigenvalue weighted by atomic mass is 16.2. The van der Waals surface area contributed by atoms with Gasteiger partial charge in [-0.2, -0.15) is 0 Å². The van der Waals surface area contributed by atoms with E-state index in [0.29, 0.717) is 60.3 Å². The first-order valence-electron chi connectivity index (χ1n) is 24.1. The number of anilines is 3. The van der Waals surface area contributed by atoms with E-state index in [1.807, 2.05) is 64.2 Å². The van der Waals surface area contributed by atoms with E-state index in [2.05, 4.69) is 25.8 Å². The molecule has 0 bridgehead atoms. The quantitative estimate of drug-likeness (QED) is 0.0332. The van der Waals surface area contributed by atoms with Crippen molar-refractivity contribution < 1.29 is 33.6 Å². The Morgan fingerprint density at radius 1 is 0.882 bits per heavy atom. The maximum Gasteiger partial charge on any atom is 0.264 e. The predicted octanol–water partition coefficient (Wildman–Crippen LogP) is 7.70.